The Labute approximate surface area is 171 Å². The minimum Gasteiger partial charge on any atom is -0.441 e. The first kappa shape index (κ1) is 20.4. The quantitative estimate of drug-likeness (QED) is 0.695. The van der Waals surface area contributed by atoms with Crippen LogP contribution in [0, 0.1) is 0 Å². The molecule has 160 valence electrons. The first-order chi connectivity index (χ1) is 13.5. The van der Waals surface area contributed by atoms with Gasteiger partial charge in [0.1, 0.15) is 5.60 Å². The summed E-state index contributed by atoms with van der Waals surface area (Å²) in [5, 5.41) is 0. The third kappa shape index (κ3) is 4.65. The van der Waals surface area contributed by atoms with Crippen molar-refractivity contribution in [2.45, 2.75) is 75.5 Å². The van der Waals surface area contributed by atoms with Crippen molar-refractivity contribution in [2.75, 3.05) is 59.9 Å². The Kier molecular flexibility index (Phi) is 6.48. The van der Waals surface area contributed by atoms with Crippen LogP contribution in [0.25, 0.3) is 0 Å². The highest BCUT2D eigenvalue weighted by Crippen LogP contribution is 2.35. The highest BCUT2D eigenvalue weighted by molar-refractivity contribution is 5.70. The summed E-state index contributed by atoms with van der Waals surface area (Å²) in [5.41, 5.74) is -0.202. The van der Waals surface area contributed by atoms with Gasteiger partial charge < -0.3 is 24.3 Å². The Balaban J connectivity index is 1.19. The molecule has 6 heteroatoms. The number of piperidine rings is 1. The molecule has 1 atom stereocenters. The van der Waals surface area contributed by atoms with Gasteiger partial charge in [-0.15, -0.1) is 0 Å². The third-order valence-corrected chi connectivity index (χ3v) is 7.72. The molecule has 0 aromatic heterocycles. The Hall–Kier alpha value is -0.850. The van der Waals surface area contributed by atoms with Crippen LogP contribution >= 0.6 is 0 Å². The molecule has 4 aliphatic rings. The van der Waals surface area contributed by atoms with E-state index in [2.05, 4.69) is 28.8 Å². The zero-order chi connectivity index (χ0) is 19.6. The van der Waals surface area contributed by atoms with Gasteiger partial charge in [0.05, 0.1) is 6.54 Å². The van der Waals surface area contributed by atoms with Crippen molar-refractivity contribution in [1.82, 2.24) is 19.6 Å². The van der Waals surface area contributed by atoms with Gasteiger partial charge in [-0.1, -0.05) is 19.3 Å². The molecular weight excluding hydrogens is 352 g/mol. The van der Waals surface area contributed by atoms with Crippen molar-refractivity contribution < 1.29 is 9.53 Å². The molecular formula is C22H40N4O2. The van der Waals surface area contributed by atoms with Gasteiger partial charge in [0.15, 0.2) is 0 Å². The number of carbonyl (C=O) groups excluding carboxylic acids is 1. The molecule has 4 rings (SSSR count). The molecule has 4 fully saturated rings. The van der Waals surface area contributed by atoms with Gasteiger partial charge in [0.2, 0.25) is 0 Å². The maximum Gasteiger partial charge on any atom is 0.410 e. The van der Waals surface area contributed by atoms with Crippen LogP contribution < -0.4 is 0 Å². The van der Waals surface area contributed by atoms with Crippen LogP contribution in [0.1, 0.15) is 57.8 Å². The molecule has 3 aliphatic heterocycles. The van der Waals surface area contributed by atoms with Crippen molar-refractivity contribution in [3.63, 3.8) is 0 Å². The van der Waals surface area contributed by atoms with E-state index in [4.69, 9.17) is 4.74 Å². The molecule has 0 unspecified atom stereocenters. The number of likely N-dealkylation sites (tertiary alicyclic amines) is 2. The summed E-state index contributed by atoms with van der Waals surface area (Å²) in [4.78, 5) is 22.0. The fraction of sp³-hybridized carbons (Fsp3) is 0.955. The van der Waals surface area contributed by atoms with Crippen LogP contribution in [0.4, 0.5) is 4.79 Å². The predicted molar refractivity (Wildman–Crippen MR) is 112 cm³/mol. The predicted octanol–water partition coefficient (Wildman–Crippen LogP) is 2.63. The maximum atomic E-state index is 12.5. The summed E-state index contributed by atoms with van der Waals surface area (Å²) in [6, 6.07) is 1.47. The Morgan fingerprint density at radius 1 is 1.04 bits per heavy atom. The van der Waals surface area contributed by atoms with Crippen LogP contribution in [-0.2, 0) is 4.74 Å². The molecule has 1 saturated carbocycles. The molecule has 3 heterocycles. The number of nitrogens with zero attached hydrogens (tertiary/aromatic N) is 4. The lowest BCUT2D eigenvalue weighted by Gasteiger charge is -2.42. The average molecular weight is 393 g/mol. The first-order valence-corrected chi connectivity index (χ1v) is 11.7. The van der Waals surface area contributed by atoms with Gasteiger partial charge >= 0.3 is 6.09 Å². The summed E-state index contributed by atoms with van der Waals surface area (Å²) >= 11 is 0. The number of carbonyl (C=O) groups is 1. The second-order valence-electron chi connectivity index (χ2n) is 9.86. The molecule has 1 amide bonds. The number of ether oxygens (including phenoxy) is 1. The van der Waals surface area contributed by atoms with E-state index in [1.54, 1.807) is 0 Å². The van der Waals surface area contributed by atoms with Gasteiger partial charge in [0, 0.05) is 51.1 Å². The van der Waals surface area contributed by atoms with Crippen LogP contribution in [0.5, 0.6) is 0 Å². The van der Waals surface area contributed by atoms with E-state index in [9.17, 15) is 4.79 Å². The van der Waals surface area contributed by atoms with E-state index in [1.165, 1.54) is 51.6 Å². The van der Waals surface area contributed by atoms with E-state index in [-0.39, 0.29) is 11.7 Å². The van der Waals surface area contributed by atoms with Crippen molar-refractivity contribution >= 4 is 6.09 Å². The Morgan fingerprint density at radius 2 is 1.79 bits per heavy atom. The topological polar surface area (TPSA) is 39.3 Å². The molecule has 3 saturated heterocycles. The summed E-state index contributed by atoms with van der Waals surface area (Å²) in [5.74, 6) is 0. The van der Waals surface area contributed by atoms with E-state index in [0.717, 1.165) is 58.0 Å². The molecule has 28 heavy (non-hydrogen) atoms. The van der Waals surface area contributed by atoms with Gasteiger partial charge in [-0.3, -0.25) is 0 Å². The highest BCUT2D eigenvalue weighted by atomic mass is 16.6. The Morgan fingerprint density at radius 3 is 2.46 bits per heavy atom. The third-order valence-electron chi connectivity index (χ3n) is 7.72. The minimum atomic E-state index is -0.202. The van der Waals surface area contributed by atoms with Gasteiger partial charge in [-0.25, -0.2) is 4.79 Å². The largest absolute Gasteiger partial charge is 0.441 e. The zero-order valence-corrected chi connectivity index (χ0v) is 18.1. The monoisotopic (exact) mass is 392 g/mol. The van der Waals surface area contributed by atoms with E-state index < -0.39 is 0 Å². The maximum absolute atomic E-state index is 12.5. The van der Waals surface area contributed by atoms with Crippen LogP contribution in [-0.4, -0.2) is 103 Å². The number of hydrogen-bond acceptors (Lipinski definition) is 5. The molecule has 6 nitrogen and oxygen atoms in total. The van der Waals surface area contributed by atoms with E-state index >= 15 is 0 Å². The molecule has 0 aromatic rings. The van der Waals surface area contributed by atoms with Crippen molar-refractivity contribution in [3.05, 3.63) is 0 Å². The number of hydrogen-bond donors (Lipinski definition) is 0. The fourth-order valence-electron chi connectivity index (χ4n) is 5.79. The second kappa shape index (κ2) is 8.88. The SMILES string of the molecule is CN(C)[C@@H]1CCN(CCCN2CC3(CCN(C4CCCCC4)CC3)OC2=O)C1. The molecule has 0 radical (unpaired) electrons. The summed E-state index contributed by atoms with van der Waals surface area (Å²) in [6.45, 7) is 7.31. The summed E-state index contributed by atoms with van der Waals surface area (Å²) in [7, 11) is 4.35. The smallest absolute Gasteiger partial charge is 0.410 e. The number of rotatable bonds is 6. The molecule has 1 aliphatic carbocycles. The molecule has 0 N–H and O–H groups in total. The van der Waals surface area contributed by atoms with Gasteiger partial charge in [0.25, 0.3) is 0 Å². The zero-order valence-electron chi connectivity index (χ0n) is 18.1. The lowest BCUT2D eigenvalue weighted by molar-refractivity contribution is -0.0144. The Bertz CT molecular complexity index is 527. The molecule has 1 spiro atoms. The number of amides is 1. The van der Waals surface area contributed by atoms with Crippen LogP contribution in [0.15, 0.2) is 0 Å². The number of likely N-dealkylation sites (N-methyl/N-ethyl adjacent to an activating group) is 1. The summed E-state index contributed by atoms with van der Waals surface area (Å²) < 4.78 is 5.95. The normalized spacial score (nSPS) is 29.9. The second-order valence-corrected chi connectivity index (χ2v) is 9.86. The highest BCUT2D eigenvalue weighted by Gasteiger charge is 2.47. The van der Waals surface area contributed by atoms with Crippen LogP contribution in [0.2, 0.25) is 0 Å². The molecule has 0 bridgehead atoms. The van der Waals surface area contributed by atoms with E-state index in [1.807, 2.05) is 4.90 Å². The average Bonchev–Trinajstić information content (AvgIpc) is 3.29. The van der Waals surface area contributed by atoms with Crippen molar-refractivity contribution in [3.8, 4) is 0 Å². The van der Waals surface area contributed by atoms with Gasteiger partial charge in [-0.05, 0) is 52.9 Å². The van der Waals surface area contributed by atoms with Crippen molar-refractivity contribution in [1.29, 1.82) is 0 Å². The molecule has 0 aromatic carbocycles. The lowest BCUT2D eigenvalue weighted by Crippen LogP contribution is -2.50. The lowest BCUT2D eigenvalue weighted by atomic mass is 9.87. The van der Waals surface area contributed by atoms with Crippen molar-refractivity contribution in [2.24, 2.45) is 0 Å². The minimum absolute atomic E-state index is 0.0706. The summed E-state index contributed by atoms with van der Waals surface area (Å²) in [6.07, 6.45) is 11.2. The first-order valence-electron chi connectivity index (χ1n) is 11.7. The van der Waals surface area contributed by atoms with Gasteiger partial charge in [-0.2, -0.15) is 0 Å². The fourth-order valence-corrected chi connectivity index (χ4v) is 5.79. The van der Waals surface area contributed by atoms with E-state index in [0.29, 0.717) is 6.04 Å². The standard InChI is InChI=1S/C22H40N4O2/c1-23(2)20-9-14-24(17-20)12-6-13-26-18-22(28-21(26)27)10-15-25(16-11-22)19-7-4-3-5-8-19/h19-20H,3-18H2,1-2H3/t20-/m1/s1. The van der Waals surface area contributed by atoms with Crippen LogP contribution in [0.3, 0.4) is 0 Å².